The topological polar surface area (TPSA) is 0 Å². The predicted octanol–water partition coefficient (Wildman–Crippen LogP) is 6.03. The van der Waals surface area contributed by atoms with E-state index in [2.05, 4.69) is 105 Å². The summed E-state index contributed by atoms with van der Waals surface area (Å²) < 4.78 is 0. The Morgan fingerprint density at radius 1 is 0.958 bits per heavy atom. The lowest BCUT2D eigenvalue weighted by Gasteiger charge is -2.11. The largest absolute Gasteiger partial charge is 0.129 e. The van der Waals surface area contributed by atoms with Crippen molar-refractivity contribution in [1.82, 2.24) is 0 Å². The Kier molecular flexibility index (Phi) is 7.55. The van der Waals surface area contributed by atoms with E-state index < -0.39 is 16.1 Å². The van der Waals surface area contributed by atoms with Crippen molar-refractivity contribution in [2.45, 2.75) is 51.6 Å². The summed E-state index contributed by atoms with van der Waals surface area (Å²) in [6.45, 7) is 17.5. The van der Waals surface area contributed by atoms with Gasteiger partial charge >= 0.3 is 0 Å². The fraction of sp³-hybridized carbons (Fsp3) is 0.364. The molecule has 0 N–H and O–H groups in total. The van der Waals surface area contributed by atoms with Crippen molar-refractivity contribution >= 4 is 16.1 Å². The Balaban J connectivity index is 3.31. The molecule has 1 rings (SSSR count). The Bertz CT molecular complexity index is 656. The van der Waals surface area contributed by atoms with Gasteiger partial charge in [-0.15, -0.1) is 17.7 Å². The molecule has 0 spiro atoms. The number of benzene rings is 1. The lowest BCUT2D eigenvalue weighted by Crippen LogP contribution is -2.17. The first-order chi connectivity index (χ1) is 11.1. The molecule has 1 unspecified atom stereocenters. The molecule has 0 saturated heterocycles. The molecule has 0 amide bonds. The average Bonchev–Trinajstić information content (AvgIpc) is 2.48. The van der Waals surface area contributed by atoms with E-state index in [-0.39, 0.29) is 5.92 Å². The SMILES string of the molecule is C=CCC(C=C(C#C[Si](C)(C)C)C#C[Si](C)(C)C)c1ccccc1. The summed E-state index contributed by atoms with van der Waals surface area (Å²) in [4.78, 5) is 0. The highest BCUT2D eigenvalue weighted by atomic mass is 28.3. The van der Waals surface area contributed by atoms with Gasteiger partial charge in [-0.05, 0) is 12.0 Å². The zero-order valence-electron chi connectivity index (χ0n) is 16.0. The van der Waals surface area contributed by atoms with E-state index in [0.717, 1.165) is 12.0 Å². The first kappa shape index (κ1) is 20.3. The Labute approximate surface area is 151 Å². The van der Waals surface area contributed by atoms with Crippen LogP contribution in [0.4, 0.5) is 0 Å². The zero-order chi connectivity index (χ0) is 18.2. The van der Waals surface area contributed by atoms with E-state index in [9.17, 15) is 0 Å². The van der Waals surface area contributed by atoms with Crippen molar-refractivity contribution in [3.05, 3.63) is 60.2 Å². The van der Waals surface area contributed by atoms with Crippen LogP contribution in [0.3, 0.4) is 0 Å². The van der Waals surface area contributed by atoms with Gasteiger partial charge in [0.05, 0.1) is 5.57 Å². The molecule has 0 bridgehead atoms. The van der Waals surface area contributed by atoms with Crippen LogP contribution in [0, 0.1) is 22.9 Å². The molecule has 0 fully saturated rings. The maximum absolute atomic E-state index is 3.92. The summed E-state index contributed by atoms with van der Waals surface area (Å²) >= 11 is 0. The number of allylic oxidation sites excluding steroid dienone is 3. The monoisotopic (exact) mass is 350 g/mol. The van der Waals surface area contributed by atoms with Crippen LogP contribution in [-0.2, 0) is 0 Å². The zero-order valence-corrected chi connectivity index (χ0v) is 18.0. The number of hydrogen-bond donors (Lipinski definition) is 0. The molecule has 0 nitrogen and oxygen atoms in total. The van der Waals surface area contributed by atoms with Gasteiger partial charge in [-0.2, -0.15) is 0 Å². The van der Waals surface area contributed by atoms with Gasteiger partial charge in [0.1, 0.15) is 16.1 Å². The maximum atomic E-state index is 3.92. The molecule has 126 valence electrons. The fourth-order valence-corrected chi connectivity index (χ4v) is 3.02. The van der Waals surface area contributed by atoms with Crippen LogP contribution in [0.2, 0.25) is 39.3 Å². The smallest absolute Gasteiger partial charge is 0.126 e. The Morgan fingerprint density at radius 3 is 1.88 bits per heavy atom. The van der Waals surface area contributed by atoms with E-state index in [1.807, 2.05) is 6.08 Å². The molecule has 0 aliphatic carbocycles. The third kappa shape index (κ3) is 8.77. The van der Waals surface area contributed by atoms with Gasteiger partial charge in [0.2, 0.25) is 0 Å². The van der Waals surface area contributed by atoms with Crippen LogP contribution < -0.4 is 0 Å². The van der Waals surface area contributed by atoms with Crippen LogP contribution in [-0.4, -0.2) is 16.1 Å². The third-order valence-electron chi connectivity index (χ3n) is 3.16. The minimum absolute atomic E-state index is 0.283. The second kappa shape index (κ2) is 8.93. The Hall–Kier alpha value is -1.75. The van der Waals surface area contributed by atoms with E-state index in [4.69, 9.17) is 0 Å². The average molecular weight is 351 g/mol. The summed E-state index contributed by atoms with van der Waals surface area (Å²) in [5.41, 5.74) is 9.19. The summed E-state index contributed by atoms with van der Waals surface area (Å²) in [5.74, 6) is 7.04. The summed E-state index contributed by atoms with van der Waals surface area (Å²) in [5, 5.41) is 0. The first-order valence-electron chi connectivity index (χ1n) is 8.55. The molecule has 1 aromatic carbocycles. The molecule has 2 heteroatoms. The van der Waals surface area contributed by atoms with Gasteiger partial charge in [0, 0.05) is 5.92 Å². The van der Waals surface area contributed by atoms with Crippen molar-refractivity contribution in [1.29, 1.82) is 0 Å². The van der Waals surface area contributed by atoms with Gasteiger partial charge < -0.3 is 0 Å². The summed E-state index contributed by atoms with van der Waals surface area (Å²) in [7, 11) is -2.84. The van der Waals surface area contributed by atoms with Gasteiger partial charge in [0.25, 0.3) is 0 Å². The molecular formula is C22H30Si2. The van der Waals surface area contributed by atoms with Gasteiger partial charge in [-0.3, -0.25) is 0 Å². The Morgan fingerprint density at radius 2 is 1.46 bits per heavy atom. The van der Waals surface area contributed by atoms with E-state index in [1.165, 1.54) is 5.56 Å². The summed E-state index contributed by atoms with van der Waals surface area (Å²) in [6, 6.07) is 10.6. The van der Waals surface area contributed by atoms with Crippen molar-refractivity contribution in [2.75, 3.05) is 0 Å². The molecule has 0 aliphatic rings. The highest BCUT2D eigenvalue weighted by Gasteiger charge is 2.11. The highest BCUT2D eigenvalue weighted by Crippen LogP contribution is 2.23. The predicted molar refractivity (Wildman–Crippen MR) is 114 cm³/mol. The van der Waals surface area contributed by atoms with Crippen LogP contribution in [0.25, 0.3) is 0 Å². The van der Waals surface area contributed by atoms with Crippen molar-refractivity contribution in [2.24, 2.45) is 0 Å². The first-order valence-corrected chi connectivity index (χ1v) is 15.5. The van der Waals surface area contributed by atoms with E-state index >= 15 is 0 Å². The van der Waals surface area contributed by atoms with Crippen LogP contribution >= 0.6 is 0 Å². The van der Waals surface area contributed by atoms with E-state index in [0.29, 0.717) is 0 Å². The number of hydrogen-bond acceptors (Lipinski definition) is 0. The molecule has 24 heavy (non-hydrogen) atoms. The second-order valence-electron chi connectivity index (χ2n) is 8.12. The van der Waals surface area contributed by atoms with Gasteiger partial charge in [0.15, 0.2) is 0 Å². The molecule has 1 aromatic rings. The van der Waals surface area contributed by atoms with Gasteiger partial charge in [-0.1, -0.05) is 93.6 Å². The van der Waals surface area contributed by atoms with Crippen molar-refractivity contribution in [3.63, 3.8) is 0 Å². The van der Waals surface area contributed by atoms with E-state index in [1.54, 1.807) is 0 Å². The molecule has 0 aliphatic heterocycles. The maximum Gasteiger partial charge on any atom is 0.129 e. The molecule has 0 saturated carbocycles. The molecular weight excluding hydrogens is 320 g/mol. The normalized spacial score (nSPS) is 12.1. The van der Waals surface area contributed by atoms with Crippen molar-refractivity contribution < 1.29 is 0 Å². The molecule has 0 aromatic heterocycles. The van der Waals surface area contributed by atoms with Crippen LogP contribution in [0.15, 0.2) is 54.6 Å². The highest BCUT2D eigenvalue weighted by molar-refractivity contribution is 6.84. The molecule has 0 heterocycles. The van der Waals surface area contributed by atoms with Crippen molar-refractivity contribution in [3.8, 4) is 22.9 Å². The number of rotatable bonds is 4. The van der Waals surface area contributed by atoms with Gasteiger partial charge in [-0.25, -0.2) is 0 Å². The standard InChI is InChI=1S/C22H30Si2/c1-8-12-22(21-13-10-9-11-14-21)19-20(15-17-23(2,3)4)16-18-24(5,6)7/h8-11,13-14,19,22H,1,12H2,2-7H3. The summed E-state index contributed by atoms with van der Waals surface area (Å²) in [6.07, 6.45) is 5.11. The quantitative estimate of drug-likeness (QED) is 0.353. The fourth-order valence-electron chi connectivity index (χ4n) is 2.01. The van der Waals surface area contributed by atoms with Crippen LogP contribution in [0.5, 0.6) is 0 Å². The lowest BCUT2D eigenvalue weighted by molar-refractivity contribution is 0.863. The lowest BCUT2D eigenvalue weighted by atomic mass is 9.93. The molecule has 0 radical (unpaired) electrons. The minimum atomic E-state index is -1.42. The molecule has 1 atom stereocenters. The van der Waals surface area contributed by atoms with Crippen LogP contribution in [0.1, 0.15) is 17.9 Å². The second-order valence-corrected chi connectivity index (χ2v) is 17.6. The third-order valence-corrected chi connectivity index (χ3v) is 4.91. The minimum Gasteiger partial charge on any atom is -0.126 e.